The van der Waals surface area contributed by atoms with Crippen LogP contribution in [0.15, 0.2) is 42.9 Å². The van der Waals surface area contributed by atoms with Gasteiger partial charge in [-0.05, 0) is 80.5 Å². The summed E-state index contributed by atoms with van der Waals surface area (Å²) in [7, 11) is 3.41. The summed E-state index contributed by atoms with van der Waals surface area (Å²) in [5, 5.41) is 5.58. The maximum absolute atomic E-state index is 13.9. The Bertz CT molecular complexity index is 1740. The number of carbonyl (C=O) groups excluding carboxylic acids is 1. The molecular formula is C36H46N8O3. The highest BCUT2D eigenvalue weighted by atomic mass is 16.5. The highest BCUT2D eigenvalue weighted by Gasteiger charge is 2.46. The van der Waals surface area contributed by atoms with E-state index in [2.05, 4.69) is 55.7 Å². The van der Waals surface area contributed by atoms with Gasteiger partial charge < -0.3 is 19.3 Å². The Labute approximate surface area is 276 Å². The molecule has 3 aromatic heterocycles. The molecule has 2 fully saturated rings. The van der Waals surface area contributed by atoms with E-state index in [4.69, 9.17) is 14.5 Å². The van der Waals surface area contributed by atoms with Crippen LogP contribution in [0.3, 0.4) is 0 Å². The number of piperazine rings is 1. The van der Waals surface area contributed by atoms with Crippen molar-refractivity contribution >= 4 is 22.8 Å². The Balaban J connectivity index is 1.01. The van der Waals surface area contributed by atoms with Crippen LogP contribution in [-0.2, 0) is 29.7 Å². The molecule has 5 heterocycles. The second kappa shape index (κ2) is 13.1. The van der Waals surface area contributed by atoms with Crippen LogP contribution in [0.5, 0.6) is 11.5 Å². The van der Waals surface area contributed by atoms with E-state index < -0.39 is 0 Å². The van der Waals surface area contributed by atoms with Crippen LogP contribution in [0, 0.1) is 5.92 Å². The minimum atomic E-state index is -0.0605. The third kappa shape index (κ3) is 5.68. The van der Waals surface area contributed by atoms with Gasteiger partial charge in [-0.3, -0.25) is 14.7 Å². The van der Waals surface area contributed by atoms with Gasteiger partial charge in [0.2, 0.25) is 5.91 Å². The standard InChI is InChI=1S/C36H46N8O3/c1-5-27-8-7-9-28(40-27)23-44-34-29(22-39-44)33(37-24-38-34)41-16-18-42(19-17-41)35(45)25-10-13-36(14-11-25)30-21-32(47-4)31(46-3)20-26(30)12-15-43(36)6-2/h7-9,20-22,24-25H,5-6,10-19,23H2,1-4H3/t25-,36+. The van der Waals surface area contributed by atoms with Crippen molar-refractivity contribution in [3.05, 3.63) is 65.4 Å². The molecule has 2 aliphatic heterocycles. The Hall–Kier alpha value is -4.25. The van der Waals surface area contributed by atoms with E-state index in [-0.39, 0.29) is 11.5 Å². The average Bonchev–Trinajstić information content (AvgIpc) is 3.54. The van der Waals surface area contributed by atoms with Gasteiger partial charge in [0.05, 0.1) is 38.0 Å². The molecule has 11 heteroatoms. The van der Waals surface area contributed by atoms with E-state index >= 15 is 0 Å². The molecule has 1 saturated heterocycles. The zero-order chi connectivity index (χ0) is 32.5. The van der Waals surface area contributed by atoms with Gasteiger partial charge in [0.25, 0.3) is 0 Å². The first kappa shape index (κ1) is 31.4. The van der Waals surface area contributed by atoms with E-state index in [0.29, 0.717) is 25.5 Å². The van der Waals surface area contributed by atoms with Gasteiger partial charge in [0.1, 0.15) is 12.1 Å². The third-order valence-electron chi connectivity index (χ3n) is 10.8. The molecule has 3 aliphatic rings. The number of methoxy groups -OCH3 is 2. The Morgan fingerprint density at radius 1 is 0.957 bits per heavy atom. The molecule has 0 radical (unpaired) electrons. The highest BCUT2D eigenvalue weighted by molar-refractivity contribution is 5.87. The van der Waals surface area contributed by atoms with E-state index in [1.54, 1.807) is 20.5 Å². The fourth-order valence-corrected chi connectivity index (χ4v) is 8.20. The van der Waals surface area contributed by atoms with Gasteiger partial charge in [0, 0.05) is 49.9 Å². The normalized spacial score (nSPS) is 21.7. The zero-order valence-corrected chi connectivity index (χ0v) is 28.1. The largest absolute Gasteiger partial charge is 0.493 e. The van der Waals surface area contributed by atoms with Gasteiger partial charge in [-0.25, -0.2) is 14.6 Å². The van der Waals surface area contributed by atoms with Crippen LogP contribution < -0.4 is 14.4 Å². The Kier molecular flexibility index (Phi) is 8.74. The third-order valence-corrected chi connectivity index (χ3v) is 10.8. The number of anilines is 1. The number of aryl methyl sites for hydroxylation is 1. The van der Waals surface area contributed by atoms with Crippen molar-refractivity contribution in [2.24, 2.45) is 5.92 Å². The quantitative estimate of drug-likeness (QED) is 0.277. The van der Waals surface area contributed by atoms with Crippen molar-refractivity contribution in [1.29, 1.82) is 0 Å². The minimum absolute atomic E-state index is 0.0558. The highest BCUT2D eigenvalue weighted by Crippen LogP contribution is 2.50. The van der Waals surface area contributed by atoms with Crippen LogP contribution in [0.1, 0.15) is 62.0 Å². The SMILES string of the molecule is CCc1cccc(Cn2ncc3c(N4CCN(C(=O)[C@H]5CC[C@@]6(CC5)c5cc(OC)c(OC)cc5CCN6CC)CC4)ncnc32)n1. The lowest BCUT2D eigenvalue weighted by Crippen LogP contribution is -2.54. The van der Waals surface area contributed by atoms with Crippen molar-refractivity contribution in [3.8, 4) is 11.5 Å². The smallest absolute Gasteiger partial charge is 0.225 e. The lowest BCUT2D eigenvalue weighted by molar-refractivity contribution is -0.138. The van der Waals surface area contributed by atoms with Crippen LogP contribution in [0.4, 0.5) is 5.82 Å². The minimum Gasteiger partial charge on any atom is -0.493 e. The first-order chi connectivity index (χ1) is 23.0. The van der Waals surface area contributed by atoms with E-state index in [1.807, 2.05) is 29.1 Å². The molecule has 0 bridgehead atoms. The van der Waals surface area contributed by atoms with Gasteiger partial charge in [-0.1, -0.05) is 19.9 Å². The molecule has 7 rings (SSSR count). The summed E-state index contributed by atoms with van der Waals surface area (Å²) >= 11 is 0. The monoisotopic (exact) mass is 638 g/mol. The van der Waals surface area contributed by atoms with E-state index in [1.165, 1.54) is 11.1 Å². The maximum Gasteiger partial charge on any atom is 0.225 e. The molecule has 0 atom stereocenters. The first-order valence-electron chi connectivity index (χ1n) is 17.1. The number of nitrogens with zero attached hydrogens (tertiary/aromatic N) is 8. The lowest BCUT2D eigenvalue weighted by Gasteiger charge is -2.52. The van der Waals surface area contributed by atoms with Crippen LogP contribution in [-0.4, -0.2) is 93.9 Å². The van der Waals surface area contributed by atoms with Crippen molar-refractivity contribution in [3.63, 3.8) is 0 Å². The lowest BCUT2D eigenvalue weighted by atomic mass is 9.68. The summed E-state index contributed by atoms with van der Waals surface area (Å²) in [6, 6.07) is 10.5. The number of ether oxygens (including phenoxy) is 2. The number of aromatic nitrogens is 5. The average molecular weight is 639 g/mol. The van der Waals surface area contributed by atoms with Gasteiger partial charge in [0.15, 0.2) is 17.1 Å². The predicted molar refractivity (Wildman–Crippen MR) is 181 cm³/mol. The van der Waals surface area contributed by atoms with Gasteiger partial charge >= 0.3 is 0 Å². The first-order valence-corrected chi connectivity index (χ1v) is 17.1. The summed E-state index contributed by atoms with van der Waals surface area (Å²) in [6.45, 7) is 9.79. The molecular weight excluding hydrogens is 592 g/mol. The molecule has 11 nitrogen and oxygen atoms in total. The van der Waals surface area contributed by atoms with Gasteiger partial charge in [-0.15, -0.1) is 0 Å². The molecule has 0 N–H and O–H groups in total. The van der Waals surface area contributed by atoms with Crippen molar-refractivity contribution in [2.75, 3.05) is 58.4 Å². The number of benzene rings is 1. The molecule has 1 amide bonds. The molecule has 0 unspecified atom stereocenters. The zero-order valence-electron chi connectivity index (χ0n) is 28.1. The van der Waals surface area contributed by atoms with Crippen LogP contribution in [0.25, 0.3) is 11.0 Å². The van der Waals surface area contributed by atoms with Crippen LogP contribution >= 0.6 is 0 Å². The predicted octanol–water partition coefficient (Wildman–Crippen LogP) is 4.46. The summed E-state index contributed by atoms with van der Waals surface area (Å²) in [6.07, 6.45) is 9.11. The molecule has 1 aliphatic carbocycles. The number of fused-ring (bicyclic) bond motifs is 3. The topological polar surface area (TPSA) is 102 Å². The second-order valence-corrected chi connectivity index (χ2v) is 13.0. The second-order valence-electron chi connectivity index (χ2n) is 13.0. The fraction of sp³-hybridized carbons (Fsp3) is 0.528. The van der Waals surface area contributed by atoms with Crippen molar-refractivity contribution in [2.45, 2.75) is 64.5 Å². The molecule has 1 aromatic carbocycles. The van der Waals surface area contributed by atoms with Crippen molar-refractivity contribution < 1.29 is 14.3 Å². The molecule has 1 saturated carbocycles. The number of rotatable bonds is 8. The Morgan fingerprint density at radius 3 is 2.43 bits per heavy atom. The number of likely N-dealkylation sites (N-methyl/N-ethyl adjacent to an activating group) is 1. The molecule has 248 valence electrons. The van der Waals surface area contributed by atoms with E-state index in [9.17, 15) is 4.79 Å². The maximum atomic E-state index is 13.9. The van der Waals surface area contributed by atoms with Gasteiger partial charge in [-0.2, -0.15) is 5.10 Å². The summed E-state index contributed by atoms with van der Waals surface area (Å²) in [5.41, 5.74) is 5.47. The summed E-state index contributed by atoms with van der Waals surface area (Å²) in [5.74, 6) is 2.81. The fourth-order valence-electron chi connectivity index (χ4n) is 8.20. The number of carbonyl (C=O) groups is 1. The van der Waals surface area contributed by atoms with E-state index in [0.717, 1.165) is 104 Å². The number of pyridine rings is 1. The molecule has 47 heavy (non-hydrogen) atoms. The number of hydrogen-bond donors (Lipinski definition) is 0. The molecule has 1 spiro atoms. The van der Waals surface area contributed by atoms with Crippen molar-refractivity contribution in [1.82, 2.24) is 34.5 Å². The molecule has 4 aromatic rings. The summed E-state index contributed by atoms with van der Waals surface area (Å²) < 4.78 is 13.2. The summed E-state index contributed by atoms with van der Waals surface area (Å²) in [4.78, 5) is 34.8. The Morgan fingerprint density at radius 2 is 1.70 bits per heavy atom. The number of amides is 1. The van der Waals surface area contributed by atoms with Crippen LogP contribution in [0.2, 0.25) is 0 Å². The number of hydrogen-bond acceptors (Lipinski definition) is 9.